The van der Waals surface area contributed by atoms with Crippen LogP contribution in [0.4, 0.5) is 10.5 Å². The van der Waals surface area contributed by atoms with Crippen LogP contribution in [0.1, 0.15) is 16.7 Å². The van der Waals surface area contributed by atoms with Crippen molar-refractivity contribution >= 4 is 34.9 Å². The maximum Gasteiger partial charge on any atom is 0.322 e. The van der Waals surface area contributed by atoms with E-state index < -0.39 is 0 Å². The lowest BCUT2D eigenvalue weighted by Crippen LogP contribution is -2.34. The summed E-state index contributed by atoms with van der Waals surface area (Å²) in [6.45, 7) is 2.96. The normalized spacial score (nSPS) is 10.5. The second-order valence-electron chi connectivity index (χ2n) is 6.20. The number of carbonyl (C=O) groups is 1. The third kappa shape index (κ3) is 5.22. The summed E-state index contributed by atoms with van der Waals surface area (Å²) in [6, 6.07) is 16.6. The number of amides is 2. The molecule has 4 nitrogen and oxygen atoms in total. The van der Waals surface area contributed by atoms with Gasteiger partial charge in [0, 0.05) is 31.2 Å². The van der Waals surface area contributed by atoms with Gasteiger partial charge in [-0.25, -0.2) is 4.79 Å². The number of anilines is 1. The average Bonchev–Trinajstić information content (AvgIpc) is 2.66. The van der Waals surface area contributed by atoms with E-state index in [1.807, 2.05) is 43.3 Å². The molecule has 6 heteroatoms. The lowest BCUT2D eigenvalue weighted by Gasteiger charge is -2.24. The highest BCUT2D eigenvalue weighted by Gasteiger charge is 2.16. The molecule has 0 atom stereocenters. The van der Waals surface area contributed by atoms with Crippen molar-refractivity contribution in [2.24, 2.45) is 0 Å². The van der Waals surface area contributed by atoms with Crippen LogP contribution < -0.4 is 5.32 Å². The second kappa shape index (κ2) is 8.89. The van der Waals surface area contributed by atoms with Crippen molar-refractivity contribution in [3.05, 3.63) is 93.7 Å². The number of hydrogen-bond acceptors (Lipinski definition) is 2. The van der Waals surface area contributed by atoms with Crippen LogP contribution in [0.25, 0.3) is 0 Å². The number of nitrogens with zero attached hydrogens (tertiary/aromatic N) is 2. The van der Waals surface area contributed by atoms with Gasteiger partial charge in [-0.15, -0.1) is 0 Å². The first-order chi connectivity index (χ1) is 13.0. The van der Waals surface area contributed by atoms with Crippen LogP contribution in [0.5, 0.6) is 0 Å². The van der Waals surface area contributed by atoms with Crippen LogP contribution >= 0.6 is 23.2 Å². The second-order valence-corrected chi connectivity index (χ2v) is 7.02. The van der Waals surface area contributed by atoms with Gasteiger partial charge in [0.05, 0.1) is 10.0 Å². The van der Waals surface area contributed by atoms with E-state index in [-0.39, 0.29) is 6.03 Å². The fourth-order valence-electron chi connectivity index (χ4n) is 2.68. The Morgan fingerprint density at radius 2 is 1.85 bits per heavy atom. The Bertz CT molecular complexity index is 932. The van der Waals surface area contributed by atoms with Crippen molar-refractivity contribution in [2.75, 3.05) is 5.32 Å². The molecule has 3 rings (SSSR count). The highest BCUT2D eigenvalue weighted by molar-refractivity contribution is 6.42. The third-order valence-electron chi connectivity index (χ3n) is 4.18. The SMILES string of the molecule is Cc1ccccc1CN(Cc1cccnc1)C(=O)Nc1ccc(Cl)c(Cl)c1. The Morgan fingerprint density at radius 3 is 2.56 bits per heavy atom. The molecule has 0 fully saturated rings. The molecular formula is C21H19Cl2N3O. The summed E-state index contributed by atoms with van der Waals surface area (Å²) in [4.78, 5) is 18.8. The number of pyridine rings is 1. The number of rotatable bonds is 5. The van der Waals surface area contributed by atoms with E-state index in [0.717, 1.165) is 16.7 Å². The number of aromatic nitrogens is 1. The topological polar surface area (TPSA) is 45.2 Å². The van der Waals surface area contributed by atoms with Gasteiger partial charge in [-0.2, -0.15) is 0 Å². The number of aryl methyl sites for hydroxylation is 1. The average molecular weight is 400 g/mol. The zero-order valence-corrected chi connectivity index (χ0v) is 16.3. The first-order valence-electron chi connectivity index (χ1n) is 8.47. The summed E-state index contributed by atoms with van der Waals surface area (Å²) in [7, 11) is 0. The number of carbonyl (C=O) groups excluding carboxylic acids is 1. The Morgan fingerprint density at radius 1 is 1.04 bits per heavy atom. The van der Waals surface area contributed by atoms with Gasteiger partial charge in [0.15, 0.2) is 0 Å². The molecule has 0 spiro atoms. The minimum Gasteiger partial charge on any atom is -0.316 e. The standard InChI is InChI=1S/C21H19Cl2N3O/c1-15-5-2-3-7-17(15)14-26(13-16-6-4-10-24-12-16)21(27)25-18-8-9-19(22)20(23)11-18/h2-12H,13-14H2,1H3,(H,25,27). The summed E-state index contributed by atoms with van der Waals surface area (Å²) in [6.07, 6.45) is 3.47. The van der Waals surface area contributed by atoms with Crippen molar-refractivity contribution < 1.29 is 4.79 Å². The minimum absolute atomic E-state index is 0.222. The van der Waals surface area contributed by atoms with E-state index in [2.05, 4.69) is 10.3 Å². The predicted molar refractivity (Wildman–Crippen MR) is 110 cm³/mol. The molecule has 0 aliphatic heterocycles. The first kappa shape index (κ1) is 19.2. The number of urea groups is 1. The molecule has 0 aliphatic rings. The van der Waals surface area contributed by atoms with Crippen LogP contribution in [0.3, 0.4) is 0 Å². The Hall–Kier alpha value is -2.56. The van der Waals surface area contributed by atoms with Gasteiger partial charge >= 0.3 is 6.03 Å². The molecule has 0 saturated heterocycles. The number of benzene rings is 2. The molecule has 27 heavy (non-hydrogen) atoms. The largest absolute Gasteiger partial charge is 0.322 e. The highest BCUT2D eigenvalue weighted by atomic mass is 35.5. The molecule has 0 radical (unpaired) electrons. The summed E-state index contributed by atoms with van der Waals surface area (Å²) in [5.74, 6) is 0. The van der Waals surface area contributed by atoms with Gasteiger partial charge in [0.25, 0.3) is 0 Å². The van der Waals surface area contributed by atoms with Crippen LogP contribution in [-0.2, 0) is 13.1 Å². The van der Waals surface area contributed by atoms with Gasteiger partial charge in [-0.3, -0.25) is 4.98 Å². The van der Waals surface area contributed by atoms with Crippen molar-refractivity contribution in [3.63, 3.8) is 0 Å². The molecule has 0 bridgehead atoms. The van der Waals surface area contributed by atoms with Crippen molar-refractivity contribution in [1.82, 2.24) is 9.88 Å². The zero-order valence-electron chi connectivity index (χ0n) is 14.8. The van der Waals surface area contributed by atoms with Crippen LogP contribution in [-0.4, -0.2) is 15.9 Å². The van der Waals surface area contributed by atoms with Crippen molar-refractivity contribution in [1.29, 1.82) is 0 Å². The maximum absolute atomic E-state index is 12.9. The van der Waals surface area contributed by atoms with Crippen LogP contribution in [0.15, 0.2) is 67.0 Å². The molecule has 0 unspecified atom stereocenters. The molecule has 1 heterocycles. The third-order valence-corrected chi connectivity index (χ3v) is 4.92. The molecule has 3 aromatic rings. The fraction of sp³-hybridized carbons (Fsp3) is 0.143. The first-order valence-corrected chi connectivity index (χ1v) is 9.23. The molecule has 138 valence electrons. The number of hydrogen-bond donors (Lipinski definition) is 1. The van der Waals surface area contributed by atoms with Crippen LogP contribution in [0, 0.1) is 6.92 Å². The van der Waals surface area contributed by atoms with Gasteiger partial charge in [-0.1, -0.05) is 53.5 Å². The Balaban J connectivity index is 1.82. The quantitative estimate of drug-likeness (QED) is 0.577. The van der Waals surface area contributed by atoms with E-state index in [4.69, 9.17) is 23.2 Å². The number of halogens is 2. The summed E-state index contributed by atoms with van der Waals surface area (Å²) >= 11 is 12.0. The molecule has 2 aromatic carbocycles. The van der Waals surface area contributed by atoms with E-state index in [9.17, 15) is 4.79 Å². The van der Waals surface area contributed by atoms with E-state index in [1.165, 1.54) is 0 Å². The number of nitrogens with one attached hydrogen (secondary N) is 1. The van der Waals surface area contributed by atoms with Crippen molar-refractivity contribution in [3.8, 4) is 0 Å². The fourth-order valence-corrected chi connectivity index (χ4v) is 2.98. The van der Waals surface area contributed by atoms with Crippen LogP contribution in [0.2, 0.25) is 10.0 Å². The molecule has 0 saturated carbocycles. The van der Waals surface area contributed by atoms with E-state index in [0.29, 0.717) is 28.8 Å². The minimum atomic E-state index is -0.222. The monoisotopic (exact) mass is 399 g/mol. The Kier molecular flexibility index (Phi) is 6.32. The Labute approximate surface area is 168 Å². The lowest BCUT2D eigenvalue weighted by molar-refractivity contribution is 0.206. The summed E-state index contributed by atoms with van der Waals surface area (Å²) < 4.78 is 0. The van der Waals surface area contributed by atoms with Gasteiger partial charge in [0.1, 0.15) is 0 Å². The predicted octanol–water partition coefficient (Wildman–Crippen LogP) is 5.93. The molecular weight excluding hydrogens is 381 g/mol. The van der Waals surface area contributed by atoms with E-state index >= 15 is 0 Å². The molecule has 0 aliphatic carbocycles. The molecule has 1 aromatic heterocycles. The molecule has 1 N–H and O–H groups in total. The summed E-state index contributed by atoms with van der Waals surface area (Å²) in [5.41, 5.74) is 3.77. The lowest BCUT2D eigenvalue weighted by atomic mass is 10.1. The smallest absolute Gasteiger partial charge is 0.316 e. The molecule has 2 amide bonds. The van der Waals surface area contributed by atoms with Crippen molar-refractivity contribution in [2.45, 2.75) is 20.0 Å². The van der Waals surface area contributed by atoms with Gasteiger partial charge in [-0.05, 0) is 47.9 Å². The van der Waals surface area contributed by atoms with Gasteiger partial charge in [0.2, 0.25) is 0 Å². The maximum atomic E-state index is 12.9. The zero-order chi connectivity index (χ0) is 19.2. The highest BCUT2D eigenvalue weighted by Crippen LogP contribution is 2.25. The van der Waals surface area contributed by atoms with E-state index in [1.54, 1.807) is 35.5 Å². The van der Waals surface area contributed by atoms with Gasteiger partial charge < -0.3 is 10.2 Å². The summed E-state index contributed by atoms with van der Waals surface area (Å²) in [5, 5.41) is 3.74.